The maximum atomic E-state index is 11.9. The van der Waals surface area contributed by atoms with Crippen molar-refractivity contribution in [2.45, 2.75) is 12.8 Å². The fraction of sp³-hybridized carbons (Fsp3) is 0.455. The molecule has 0 aromatic carbocycles. The summed E-state index contributed by atoms with van der Waals surface area (Å²) in [7, 11) is 0. The Balaban J connectivity index is 2.07. The average Bonchev–Trinajstić information content (AvgIpc) is 2.30. The summed E-state index contributed by atoms with van der Waals surface area (Å²) < 4.78 is 0. The number of ketones is 1. The molecule has 1 atom stereocenters. The number of aromatic nitrogens is 1. The van der Waals surface area contributed by atoms with E-state index in [1.807, 2.05) is 12.1 Å². The first-order valence-electron chi connectivity index (χ1n) is 5.03. The monoisotopic (exact) mass is 190 g/mol. The van der Waals surface area contributed by atoms with E-state index in [9.17, 15) is 4.79 Å². The molecule has 0 aliphatic carbocycles. The van der Waals surface area contributed by atoms with Crippen LogP contribution in [0.5, 0.6) is 0 Å². The van der Waals surface area contributed by atoms with Gasteiger partial charge in [0.15, 0.2) is 5.78 Å². The maximum Gasteiger partial charge on any atom is 0.168 e. The van der Waals surface area contributed by atoms with Gasteiger partial charge in [-0.05, 0) is 31.5 Å². The molecular weight excluding hydrogens is 176 g/mol. The van der Waals surface area contributed by atoms with E-state index in [0.29, 0.717) is 0 Å². The zero-order valence-electron chi connectivity index (χ0n) is 8.07. The number of piperidine rings is 1. The third-order valence-corrected chi connectivity index (χ3v) is 2.61. The van der Waals surface area contributed by atoms with Gasteiger partial charge in [0.05, 0.1) is 0 Å². The second kappa shape index (κ2) is 4.33. The van der Waals surface area contributed by atoms with Crippen LogP contribution in [0.3, 0.4) is 0 Å². The molecule has 0 radical (unpaired) electrons. The Morgan fingerprint density at radius 2 is 2.50 bits per heavy atom. The lowest BCUT2D eigenvalue weighted by Crippen LogP contribution is -2.34. The molecule has 1 aromatic rings. The molecule has 0 amide bonds. The number of hydrogen-bond donors (Lipinski definition) is 1. The third kappa shape index (κ3) is 1.99. The summed E-state index contributed by atoms with van der Waals surface area (Å²) in [5.74, 6) is 0.373. The molecular formula is C11H14N2O. The molecule has 1 saturated heterocycles. The number of hydrogen-bond acceptors (Lipinski definition) is 3. The highest BCUT2D eigenvalue weighted by Gasteiger charge is 2.21. The molecule has 1 aromatic heterocycles. The van der Waals surface area contributed by atoms with Crippen molar-refractivity contribution in [1.82, 2.24) is 10.3 Å². The van der Waals surface area contributed by atoms with Gasteiger partial charge in [-0.1, -0.05) is 0 Å². The van der Waals surface area contributed by atoms with Crippen LogP contribution in [0.1, 0.15) is 23.2 Å². The van der Waals surface area contributed by atoms with Gasteiger partial charge in [0, 0.05) is 30.4 Å². The molecule has 74 valence electrons. The topological polar surface area (TPSA) is 42.0 Å². The number of rotatable bonds is 2. The number of nitrogens with zero attached hydrogens (tertiary/aromatic N) is 1. The summed E-state index contributed by atoms with van der Waals surface area (Å²) in [6, 6.07) is 3.65. The van der Waals surface area contributed by atoms with Crippen molar-refractivity contribution in [3.63, 3.8) is 0 Å². The number of nitrogens with one attached hydrogen (secondary N) is 1. The Hall–Kier alpha value is -1.22. The Labute approximate surface area is 83.5 Å². The van der Waals surface area contributed by atoms with E-state index in [4.69, 9.17) is 0 Å². The van der Waals surface area contributed by atoms with Crippen molar-refractivity contribution in [1.29, 1.82) is 0 Å². The van der Waals surface area contributed by atoms with Crippen LogP contribution in [0.25, 0.3) is 0 Å². The second-order valence-corrected chi connectivity index (χ2v) is 3.65. The Kier molecular flexibility index (Phi) is 2.89. The molecule has 3 nitrogen and oxygen atoms in total. The van der Waals surface area contributed by atoms with Crippen LogP contribution in [0.15, 0.2) is 24.5 Å². The Morgan fingerprint density at radius 3 is 3.14 bits per heavy atom. The van der Waals surface area contributed by atoms with Crippen LogP contribution in [0, 0.1) is 5.92 Å². The normalized spacial score (nSPS) is 21.9. The zero-order chi connectivity index (χ0) is 9.80. The quantitative estimate of drug-likeness (QED) is 0.714. The highest BCUT2D eigenvalue weighted by molar-refractivity contribution is 5.97. The first-order valence-corrected chi connectivity index (χ1v) is 5.03. The van der Waals surface area contributed by atoms with Crippen molar-refractivity contribution in [2.75, 3.05) is 13.1 Å². The number of Topliss-reactive ketones (excluding diaryl/α,β-unsaturated/α-hetero) is 1. The standard InChI is InChI=1S/C11H14N2O/c14-11(9-3-1-5-12-7-9)10-4-2-6-13-8-10/h1,3,5,7,10,13H,2,4,6,8H2. The summed E-state index contributed by atoms with van der Waals surface area (Å²) in [5.41, 5.74) is 0.737. The molecule has 1 unspecified atom stereocenters. The van der Waals surface area contributed by atoms with E-state index in [1.54, 1.807) is 12.4 Å². The van der Waals surface area contributed by atoms with Gasteiger partial charge in [-0.2, -0.15) is 0 Å². The summed E-state index contributed by atoms with van der Waals surface area (Å²) in [4.78, 5) is 15.9. The fourth-order valence-electron chi connectivity index (χ4n) is 1.82. The predicted molar refractivity (Wildman–Crippen MR) is 54.2 cm³/mol. The van der Waals surface area contributed by atoms with E-state index in [-0.39, 0.29) is 11.7 Å². The lowest BCUT2D eigenvalue weighted by molar-refractivity contribution is 0.0899. The van der Waals surface area contributed by atoms with Crippen LogP contribution >= 0.6 is 0 Å². The lowest BCUT2D eigenvalue weighted by atomic mass is 9.92. The lowest BCUT2D eigenvalue weighted by Gasteiger charge is -2.21. The van der Waals surface area contributed by atoms with Crippen molar-refractivity contribution in [3.8, 4) is 0 Å². The van der Waals surface area contributed by atoms with Crippen molar-refractivity contribution < 1.29 is 4.79 Å². The smallest absolute Gasteiger partial charge is 0.168 e. The zero-order valence-corrected chi connectivity index (χ0v) is 8.07. The Bertz CT molecular complexity index is 304. The highest BCUT2D eigenvalue weighted by Crippen LogP contribution is 2.15. The second-order valence-electron chi connectivity index (χ2n) is 3.65. The molecule has 1 N–H and O–H groups in total. The summed E-state index contributed by atoms with van der Waals surface area (Å²) >= 11 is 0. The first-order chi connectivity index (χ1) is 6.88. The van der Waals surface area contributed by atoms with Gasteiger partial charge in [0.25, 0.3) is 0 Å². The average molecular weight is 190 g/mol. The fourth-order valence-corrected chi connectivity index (χ4v) is 1.82. The molecule has 0 saturated carbocycles. The van der Waals surface area contributed by atoms with E-state index in [0.717, 1.165) is 31.5 Å². The van der Waals surface area contributed by atoms with Gasteiger partial charge in [0.2, 0.25) is 0 Å². The van der Waals surface area contributed by atoms with Crippen LogP contribution in [-0.4, -0.2) is 23.9 Å². The van der Waals surface area contributed by atoms with E-state index >= 15 is 0 Å². The maximum absolute atomic E-state index is 11.9. The summed E-state index contributed by atoms with van der Waals surface area (Å²) in [6.07, 6.45) is 5.43. The first kappa shape index (κ1) is 9.34. The van der Waals surface area contributed by atoms with Crippen molar-refractivity contribution in [2.24, 2.45) is 5.92 Å². The molecule has 0 spiro atoms. The van der Waals surface area contributed by atoms with Crippen LogP contribution < -0.4 is 5.32 Å². The molecule has 1 fully saturated rings. The van der Waals surface area contributed by atoms with Crippen molar-refractivity contribution >= 4 is 5.78 Å². The minimum atomic E-state index is 0.146. The minimum Gasteiger partial charge on any atom is -0.316 e. The molecule has 1 aliphatic rings. The van der Waals surface area contributed by atoms with E-state index in [2.05, 4.69) is 10.3 Å². The molecule has 1 aliphatic heterocycles. The number of carbonyl (C=O) groups is 1. The Morgan fingerprint density at radius 1 is 1.57 bits per heavy atom. The highest BCUT2D eigenvalue weighted by atomic mass is 16.1. The number of carbonyl (C=O) groups excluding carboxylic acids is 1. The molecule has 3 heteroatoms. The van der Waals surface area contributed by atoms with Crippen LogP contribution in [0.4, 0.5) is 0 Å². The summed E-state index contributed by atoms with van der Waals surface area (Å²) in [5, 5.41) is 3.24. The number of pyridine rings is 1. The van der Waals surface area contributed by atoms with Crippen LogP contribution in [-0.2, 0) is 0 Å². The van der Waals surface area contributed by atoms with E-state index < -0.39 is 0 Å². The van der Waals surface area contributed by atoms with Gasteiger partial charge in [-0.15, -0.1) is 0 Å². The SMILES string of the molecule is O=C(c1cccnc1)C1CCCNC1. The van der Waals surface area contributed by atoms with Crippen molar-refractivity contribution in [3.05, 3.63) is 30.1 Å². The van der Waals surface area contributed by atoms with Gasteiger partial charge in [-0.25, -0.2) is 0 Å². The molecule has 2 heterocycles. The van der Waals surface area contributed by atoms with Gasteiger partial charge in [0.1, 0.15) is 0 Å². The predicted octanol–water partition coefficient (Wildman–Crippen LogP) is 1.26. The molecule has 2 rings (SSSR count). The van der Waals surface area contributed by atoms with Gasteiger partial charge in [-0.3, -0.25) is 9.78 Å². The van der Waals surface area contributed by atoms with E-state index in [1.165, 1.54) is 0 Å². The van der Waals surface area contributed by atoms with Crippen LogP contribution in [0.2, 0.25) is 0 Å². The third-order valence-electron chi connectivity index (χ3n) is 2.61. The molecule has 0 bridgehead atoms. The minimum absolute atomic E-state index is 0.146. The summed E-state index contributed by atoms with van der Waals surface area (Å²) in [6.45, 7) is 1.85. The largest absolute Gasteiger partial charge is 0.316 e. The molecule has 14 heavy (non-hydrogen) atoms. The van der Waals surface area contributed by atoms with Gasteiger partial charge < -0.3 is 5.32 Å². The van der Waals surface area contributed by atoms with Gasteiger partial charge >= 0.3 is 0 Å².